The number of anilines is 1. The molecule has 2 aliphatic heterocycles. The fraction of sp³-hybridized carbons (Fsp3) is 0.500. The van der Waals surface area contributed by atoms with Gasteiger partial charge < -0.3 is 19.9 Å². The Labute approximate surface area is 225 Å². The van der Waals surface area contributed by atoms with Crippen molar-refractivity contribution in [2.45, 2.75) is 18.1 Å². The van der Waals surface area contributed by atoms with Crippen LogP contribution in [0.1, 0.15) is 17.3 Å². The molecule has 2 saturated heterocycles. The van der Waals surface area contributed by atoms with Gasteiger partial charge in [-0.15, -0.1) is 0 Å². The Morgan fingerprint density at radius 2 is 1.86 bits per heavy atom. The number of nitrogens with zero attached hydrogens (tertiary/aromatic N) is 5. The lowest BCUT2D eigenvalue weighted by Crippen LogP contribution is -2.54. The molecule has 36 heavy (non-hydrogen) atoms. The normalized spacial score (nSPS) is 18.8. The first-order valence-corrected chi connectivity index (χ1v) is 13.7. The number of aromatic nitrogens is 2. The van der Waals surface area contributed by atoms with E-state index in [2.05, 4.69) is 25.1 Å². The number of halogens is 2. The van der Waals surface area contributed by atoms with Crippen LogP contribution in [0.5, 0.6) is 0 Å². The predicted octanol–water partition coefficient (Wildman–Crippen LogP) is 2.67. The van der Waals surface area contributed by atoms with Crippen LogP contribution in [0.2, 0.25) is 10.2 Å². The summed E-state index contributed by atoms with van der Waals surface area (Å²) >= 11 is 13.5. The first-order chi connectivity index (χ1) is 17.4. The minimum atomic E-state index is -0.0682. The van der Waals surface area contributed by atoms with Crippen LogP contribution in [-0.2, 0) is 9.53 Å². The van der Waals surface area contributed by atoms with Gasteiger partial charge >= 0.3 is 0 Å². The van der Waals surface area contributed by atoms with Gasteiger partial charge in [-0.25, -0.2) is 9.97 Å². The highest BCUT2D eigenvalue weighted by molar-refractivity contribution is 7.99. The zero-order chi connectivity index (χ0) is 25.5. The molecule has 2 fully saturated rings. The molecule has 194 valence electrons. The molecule has 0 bridgehead atoms. The van der Waals surface area contributed by atoms with Gasteiger partial charge in [0.1, 0.15) is 11.0 Å². The van der Waals surface area contributed by atoms with Crippen LogP contribution in [0.25, 0.3) is 0 Å². The lowest BCUT2D eigenvalue weighted by molar-refractivity contribution is -0.118. The summed E-state index contributed by atoms with van der Waals surface area (Å²) < 4.78 is 5.34. The topological polar surface area (TPSA) is 90.9 Å². The monoisotopic (exact) mass is 552 g/mol. The quantitative estimate of drug-likeness (QED) is 0.303. The third-order valence-corrected chi connectivity index (χ3v) is 7.44. The number of carbonyl (C=O) groups excluding carboxylic acids is 2. The Bertz CT molecular complexity index is 1050. The minimum Gasteiger partial charge on any atom is -0.379 e. The number of thioether (sulfide) groups is 1. The van der Waals surface area contributed by atoms with E-state index in [-0.39, 0.29) is 23.6 Å². The molecule has 2 aliphatic rings. The van der Waals surface area contributed by atoms with Gasteiger partial charge in [0.2, 0.25) is 5.91 Å². The summed E-state index contributed by atoms with van der Waals surface area (Å²) in [6.07, 6.45) is 0. The van der Waals surface area contributed by atoms with Crippen LogP contribution >= 0.6 is 35.0 Å². The highest BCUT2D eigenvalue weighted by Crippen LogP contribution is 2.25. The number of piperazine rings is 1. The van der Waals surface area contributed by atoms with Crippen LogP contribution in [0.3, 0.4) is 0 Å². The molecule has 2 aromatic rings. The first kappa shape index (κ1) is 26.9. The van der Waals surface area contributed by atoms with E-state index in [1.807, 2.05) is 11.8 Å². The van der Waals surface area contributed by atoms with E-state index in [4.69, 9.17) is 27.9 Å². The number of benzene rings is 1. The number of carbonyl (C=O) groups is 2. The molecule has 0 radical (unpaired) electrons. The van der Waals surface area contributed by atoms with E-state index >= 15 is 0 Å². The van der Waals surface area contributed by atoms with Crippen LogP contribution in [0.15, 0.2) is 35.5 Å². The van der Waals surface area contributed by atoms with Gasteiger partial charge in [-0.3, -0.25) is 14.5 Å². The minimum absolute atomic E-state index is 0.0181. The van der Waals surface area contributed by atoms with E-state index in [1.54, 1.807) is 30.3 Å². The number of morpholine rings is 1. The first-order valence-electron chi connectivity index (χ1n) is 11.9. The summed E-state index contributed by atoms with van der Waals surface area (Å²) in [6.45, 7) is 8.47. The summed E-state index contributed by atoms with van der Waals surface area (Å²) in [4.78, 5) is 40.4. The predicted molar refractivity (Wildman–Crippen MR) is 142 cm³/mol. The SMILES string of the molecule is CC1CN(c2cc(Cl)nc(SCC(=O)NCCN3CCOCC3)n2)CCN1C(=O)c1ccc(Cl)cc1. The Kier molecular flexibility index (Phi) is 9.66. The van der Waals surface area contributed by atoms with Crippen molar-refractivity contribution < 1.29 is 14.3 Å². The second-order valence-electron chi connectivity index (χ2n) is 8.72. The number of hydrogen-bond donors (Lipinski definition) is 1. The van der Waals surface area contributed by atoms with Crippen molar-refractivity contribution in [1.29, 1.82) is 0 Å². The van der Waals surface area contributed by atoms with Gasteiger partial charge in [0, 0.05) is 68.5 Å². The van der Waals surface area contributed by atoms with E-state index in [9.17, 15) is 9.59 Å². The second kappa shape index (κ2) is 12.9. The molecule has 9 nitrogen and oxygen atoms in total. The molecule has 0 spiro atoms. The Morgan fingerprint density at radius 1 is 1.11 bits per heavy atom. The van der Waals surface area contributed by atoms with Crippen LogP contribution in [-0.4, -0.2) is 102 Å². The maximum absolute atomic E-state index is 13.0. The van der Waals surface area contributed by atoms with Crippen LogP contribution < -0.4 is 10.2 Å². The third kappa shape index (κ3) is 7.45. The van der Waals surface area contributed by atoms with Gasteiger partial charge in [-0.2, -0.15) is 0 Å². The zero-order valence-corrected chi connectivity index (χ0v) is 22.5. The molecule has 1 N–H and O–H groups in total. The van der Waals surface area contributed by atoms with Crippen molar-refractivity contribution in [3.8, 4) is 0 Å². The average molecular weight is 554 g/mol. The largest absolute Gasteiger partial charge is 0.379 e. The molecule has 0 saturated carbocycles. The van der Waals surface area contributed by atoms with Crippen molar-refractivity contribution in [1.82, 2.24) is 25.1 Å². The van der Waals surface area contributed by atoms with E-state index in [1.165, 1.54) is 11.8 Å². The number of hydrogen-bond acceptors (Lipinski definition) is 8. The lowest BCUT2D eigenvalue weighted by Gasteiger charge is -2.40. The number of amides is 2. The van der Waals surface area contributed by atoms with E-state index in [0.29, 0.717) is 52.9 Å². The van der Waals surface area contributed by atoms with Gasteiger partial charge in [0.15, 0.2) is 5.16 Å². The Balaban J connectivity index is 1.28. The smallest absolute Gasteiger partial charge is 0.254 e. The zero-order valence-electron chi connectivity index (χ0n) is 20.2. The van der Waals surface area contributed by atoms with Crippen molar-refractivity contribution in [2.24, 2.45) is 0 Å². The maximum atomic E-state index is 13.0. The Hall–Kier alpha value is -2.11. The van der Waals surface area contributed by atoms with Gasteiger partial charge in [0.05, 0.1) is 19.0 Å². The molecule has 1 atom stereocenters. The fourth-order valence-electron chi connectivity index (χ4n) is 4.20. The number of ether oxygens (including phenoxy) is 1. The lowest BCUT2D eigenvalue weighted by atomic mass is 10.1. The summed E-state index contributed by atoms with van der Waals surface area (Å²) in [5.41, 5.74) is 0.617. The summed E-state index contributed by atoms with van der Waals surface area (Å²) in [5, 5.41) is 4.32. The molecular formula is C24H30Cl2N6O3S. The highest BCUT2D eigenvalue weighted by atomic mass is 35.5. The molecule has 12 heteroatoms. The molecule has 1 aromatic heterocycles. The molecule has 3 heterocycles. The molecule has 4 rings (SSSR count). The molecule has 0 aliphatic carbocycles. The second-order valence-corrected chi connectivity index (χ2v) is 10.5. The van der Waals surface area contributed by atoms with E-state index in [0.717, 1.165) is 32.8 Å². The molecule has 1 unspecified atom stereocenters. The maximum Gasteiger partial charge on any atom is 0.254 e. The van der Waals surface area contributed by atoms with E-state index < -0.39 is 0 Å². The highest BCUT2D eigenvalue weighted by Gasteiger charge is 2.29. The fourth-order valence-corrected chi connectivity index (χ4v) is 5.23. The molecule has 2 amide bonds. The van der Waals surface area contributed by atoms with Crippen molar-refractivity contribution in [2.75, 3.05) is 69.7 Å². The standard InChI is InChI=1S/C24H30Cl2N6O3S/c1-17-15-31(8-9-32(17)23(34)18-2-4-19(25)5-3-18)21-14-20(26)28-24(29-21)36-16-22(33)27-6-7-30-10-12-35-13-11-30/h2-5,14,17H,6-13,15-16H2,1H3,(H,27,33). The van der Waals surface area contributed by atoms with Crippen molar-refractivity contribution in [3.63, 3.8) is 0 Å². The van der Waals surface area contributed by atoms with Gasteiger partial charge in [0.25, 0.3) is 5.91 Å². The summed E-state index contributed by atoms with van der Waals surface area (Å²) in [7, 11) is 0. The number of rotatable bonds is 8. The van der Waals surface area contributed by atoms with Crippen molar-refractivity contribution in [3.05, 3.63) is 46.1 Å². The molecule has 1 aromatic carbocycles. The molecular weight excluding hydrogens is 523 g/mol. The van der Waals surface area contributed by atoms with Gasteiger partial charge in [-0.1, -0.05) is 35.0 Å². The van der Waals surface area contributed by atoms with Crippen molar-refractivity contribution >= 4 is 52.6 Å². The summed E-state index contributed by atoms with van der Waals surface area (Å²) in [5.74, 6) is 0.815. The summed E-state index contributed by atoms with van der Waals surface area (Å²) in [6, 6.07) is 8.64. The van der Waals surface area contributed by atoms with Crippen LogP contribution in [0, 0.1) is 0 Å². The number of nitrogens with one attached hydrogen (secondary N) is 1. The van der Waals surface area contributed by atoms with Gasteiger partial charge in [-0.05, 0) is 31.2 Å². The third-order valence-electron chi connectivity index (χ3n) is 6.15. The average Bonchev–Trinajstić information content (AvgIpc) is 2.88. The van der Waals surface area contributed by atoms with Crippen LogP contribution in [0.4, 0.5) is 5.82 Å². The Morgan fingerprint density at radius 3 is 2.58 bits per heavy atom.